The first-order valence-corrected chi connectivity index (χ1v) is 5.80. The van der Waals surface area contributed by atoms with Crippen molar-refractivity contribution in [2.24, 2.45) is 0 Å². The molecule has 72 valence electrons. The number of rotatable bonds is 2. The Morgan fingerprint density at radius 3 is 2.38 bits per heavy atom. The van der Waals surface area contributed by atoms with Crippen LogP contribution in [0.15, 0.2) is 23.1 Å². The van der Waals surface area contributed by atoms with Crippen molar-refractivity contribution in [3.63, 3.8) is 0 Å². The summed E-state index contributed by atoms with van der Waals surface area (Å²) in [7, 11) is 7.79. The molecule has 0 bridgehead atoms. The van der Waals surface area contributed by atoms with E-state index in [0.717, 1.165) is 11.0 Å². The maximum atomic E-state index is 12.7. The van der Waals surface area contributed by atoms with Gasteiger partial charge in [-0.15, -0.1) is 0 Å². The van der Waals surface area contributed by atoms with E-state index >= 15 is 0 Å². The molecule has 1 unspecified atom stereocenters. The molecule has 1 aromatic carbocycles. The lowest BCUT2D eigenvalue weighted by Crippen LogP contribution is -2.01. The van der Waals surface area contributed by atoms with Crippen molar-refractivity contribution in [3.8, 4) is 0 Å². The zero-order valence-corrected chi connectivity index (χ0v) is 9.71. The summed E-state index contributed by atoms with van der Waals surface area (Å²) >= 11 is 5.69. The first-order valence-electron chi connectivity index (χ1n) is 3.20. The largest absolute Gasteiger partial charge is 0.283 e. The molecule has 0 aliphatic carbocycles. The average Bonchev–Trinajstić information content (AvgIpc) is 2.02. The average molecular weight is 261 g/mol. The zero-order valence-electron chi connectivity index (χ0n) is 6.23. The predicted molar refractivity (Wildman–Crippen MR) is 56.8 cm³/mol. The summed E-state index contributed by atoms with van der Waals surface area (Å²) in [6, 6.07) is 3.97. The lowest BCUT2D eigenvalue weighted by molar-refractivity contribution is 0.104. The number of halogens is 4. The molecule has 1 aromatic rings. The summed E-state index contributed by atoms with van der Waals surface area (Å²) in [6.45, 7) is 0. The summed E-state index contributed by atoms with van der Waals surface area (Å²) in [5.74, 6) is 0. The van der Waals surface area contributed by atoms with Gasteiger partial charge in [0.2, 0.25) is 0 Å². The Balaban J connectivity index is 3.10. The van der Waals surface area contributed by atoms with E-state index in [9.17, 15) is 8.78 Å². The molecule has 1 atom stereocenters. The number of alkyl halides is 2. The van der Waals surface area contributed by atoms with Gasteiger partial charge < -0.3 is 0 Å². The third kappa shape index (κ3) is 2.95. The van der Waals surface area contributed by atoms with Gasteiger partial charge in [-0.2, -0.15) is 8.78 Å². The SMILES string of the molecule is FC(F)(P)c1ccc(SCl)c(Cl)c1. The molecule has 0 N–H and O–H groups in total. The molecule has 0 saturated carbocycles. The van der Waals surface area contributed by atoms with Gasteiger partial charge in [-0.25, -0.2) is 0 Å². The van der Waals surface area contributed by atoms with Gasteiger partial charge in [0, 0.05) is 10.5 Å². The minimum atomic E-state index is -2.95. The zero-order chi connectivity index (χ0) is 10.1. The van der Waals surface area contributed by atoms with Crippen LogP contribution in [0.1, 0.15) is 5.56 Å². The van der Waals surface area contributed by atoms with E-state index in [1.165, 1.54) is 27.4 Å². The molecule has 0 spiro atoms. The van der Waals surface area contributed by atoms with Gasteiger partial charge in [0.05, 0.1) is 5.02 Å². The van der Waals surface area contributed by atoms with Crippen LogP contribution in [0.4, 0.5) is 8.78 Å². The quantitative estimate of drug-likeness (QED) is 0.706. The summed E-state index contributed by atoms with van der Waals surface area (Å²) in [5, 5.41) is 0.236. The van der Waals surface area contributed by atoms with Crippen LogP contribution < -0.4 is 0 Å². The summed E-state index contributed by atoms with van der Waals surface area (Å²) in [5.41, 5.74) is -3.09. The maximum Gasteiger partial charge on any atom is 0.283 e. The molecule has 0 fully saturated rings. The van der Waals surface area contributed by atoms with Gasteiger partial charge >= 0.3 is 0 Å². The smallest absolute Gasteiger partial charge is 0.197 e. The van der Waals surface area contributed by atoms with Gasteiger partial charge in [-0.05, 0) is 33.8 Å². The van der Waals surface area contributed by atoms with Crippen molar-refractivity contribution in [2.75, 3.05) is 0 Å². The lowest BCUT2D eigenvalue weighted by Gasteiger charge is -2.11. The van der Waals surface area contributed by atoms with Crippen molar-refractivity contribution < 1.29 is 8.78 Å². The number of benzene rings is 1. The molecule has 0 aromatic heterocycles. The summed E-state index contributed by atoms with van der Waals surface area (Å²) < 4.78 is 25.5. The highest BCUT2D eigenvalue weighted by atomic mass is 35.7. The highest BCUT2D eigenvalue weighted by Crippen LogP contribution is 2.38. The molecule has 1 rings (SSSR count). The second-order valence-electron chi connectivity index (χ2n) is 2.35. The van der Waals surface area contributed by atoms with Crippen molar-refractivity contribution in [3.05, 3.63) is 28.8 Å². The molecule has 0 amide bonds. The van der Waals surface area contributed by atoms with Crippen LogP contribution in [0.2, 0.25) is 5.02 Å². The summed E-state index contributed by atoms with van der Waals surface area (Å²) in [4.78, 5) is 0.571. The van der Waals surface area contributed by atoms with Crippen LogP contribution >= 0.6 is 42.5 Å². The monoisotopic (exact) mass is 260 g/mol. The van der Waals surface area contributed by atoms with Gasteiger partial charge in [0.1, 0.15) is 0 Å². The highest BCUT2D eigenvalue weighted by Gasteiger charge is 2.24. The second-order valence-corrected chi connectivity index (χ2v) is 4.53. The summed E-state index contributed by atoms with van der Waals surface area (Å²) in [6.07, 6.45) is 0. The van der Waals surface area contributed by atoms with E-state index < -0.39 is 5.66 Å². The van der Waals surface area contributed by atoms with Crippen molar-refractivity contribution in [1.82, 2.24) is 0 Å². The Kier molecular flexibility index (Phi) is 3.82. The van der Waals surface area contributed by atoms with Crippen molar-refractivity contribution in [1.29, 1.82) is 0 Å². The van der Waals surface area contributed by atoms with E-state index in [1.807, 2.05) is 0 Å². The van der Waals surface area contributed by atoms with E-state index in [4.69, 9.17) is 22.3 Å². The lowest BCUT2D eigenvalue weighted by atomic mass is 10.2. The fourth-order valence-electron chi connectivity index (χ4n) is 0.771. The van der Waals surface area contributed by atoms with Crippen LogP contribution in [-0.2, 0) is 5.66 Å². The standard InChI is InChI=1S/C7H5Cl2F2PS/c8-5-3-4(7(10,11)12)1-2-6(5)13-9/h1-3H,12H2. The van der Waals surface area contributed by atoms with Gasteiger partial charge in [0.25, 0.3) is 5.66 Å². The predicted octanol–water partition coefficient (Wildman–Crippen LogP) is 4.51. The molecule has 0 nitrogen and oxygen atoms in total. The normalized spacial score (nSPS) is 11.8. The Labute approximate surface area is 90.7 Å². The second kappa shape index (κ2) is 4.31. The van der Waals surface area contributed by atoms with Gasteiger partial charge in [-0.1, -0.05) is 26.9 Å². The molecule has 13 heavy (non-hydrogen) atoms. The van der Waals surface area contributed by atoms with Crippen LogP contribution in [0, 0.1) is 0 Å². The molecule has 6 heteroatoms. The van der Waals surface area contributed by atoms with E-state index in [2.05, 4.69) is 0 Å². The Morgan fingerprint density at radius 1 is 1.38 bits per heavy atom. The maximum absolute atomic E-state index is 12.7. The molecule has 0 heterocycles. The van der Waals surface area contributed by atoms with Gasteiger partial charge in [-0.3, -0.25) is 0 Å². The van der Waals surface area contributed by atoms with Crippen LogP contribution in [0.5, 0.6) is 0 Å². The molecular weight excluding hydrogens is 256 g/mol. The molecular formula is C7H5Cl2F2PS. The Bertz CT molecular complexity index is 314. The van der Waals surface area contributed by atoms with E-state index in [0.29, 0.717) is 4.90 Å². The molecule has 0 aliphatic heterocycles. The van der Waals surface area contributed by atoms with E-state index in [-0.39, 0.29) is 10.6 Å². The third-order valence-electron chi connectivity index (χ3n) is 1.40. The van der Waals surface area contributed by atoms with Crippen molar-refractivity contribution in [2.45, 2.75) is 10.6 Å². The number of hydrogen-bond donors (Lipinski definition) is 0. The Hall–Kier alpha value is 0.440. The van der Waals surface area contributed by atoms with Crippen LogP contribution in [0.25, 0.3) is 0 Å². The minimum Gasteiger partial charge on any atom is -0.197 e. The molecule has 0 aliphatic rings. The van der Waals surface area contributed by atoms with Crippen LogP contribution in [0.3, 0.4) is 0 Å². The Morgan fingerprint density at radius 2 is 2.00 bits per heavy atom. The number of hydrogen-bond acceptors (Lipinski definition) is 1. The third-order valence-corrected chi connectivity index (χ3v) is 3.18. The first kappa shape index (κ1) is 11.5. The molecule has 0 radical (unpaired) electrons. The topological polar surface area (TPSA) is 0 Å². The van der Waals surface area contributed by atoms with Crippen LogP contribution in [-0.4, -0.2) is 0 Å². The first-order chi connectivity index (χ1) is 5.95. The highest BCUT2D eigenvalue weighted by molar-refractivity contribution is 8.21. The fourth-order valence-corrected chi connectivity index (χ4v) is 2.02. The fraction of sp³-hybridized carbons (Fsp3) is 0.143. The van der Waals surface area contributed by atoms with E-state index in [1.54, 1.807) is 0 Å². The minimum absolute atomic E-state index is 0.142. The van der Waals surface area contributed by atoms with Crippen molar-refractivity contribution >= 4 is 42.5 Å². The molecule has 0 saturated heterocycles. The van der Waals surface area contributed by atoms with Gasteiger partial charge in [0.15, 0.2) is 0 Å².